The highest BCUT2D eigenvalue weighted by Gasteiger charge is 2.52. The first-order chi connectivity index (χ1) is 12.9. The molecule has 2 aromatic rings. The summed E-state index contributed by atoms with van der Waals surface area (Å²) in [5, 5.41) is 0. The van der Waals surface area contributed by atoms with E-state index in [0.717, 1.165) is 5.56 Å². The lowest BCUT2D eigenvalue weighted by molar-refractivity contribution is 0.0485. The minimum atomic E-state index is -0.821. The Balaban J connectivity index is 1.49. The minimum absolute atomic E-state index is 0.0798. The van der Waals surface area contributed by atoms with Crippen LogP contribution in [0, 0.1) is 5.92 Å². The lowest BCUT2D eigenvalue weighted by atomic mass is 10.1. The number of alkyl halides is 2. The van der Waals surface area contributed by atoms with Gasteiger partial charge in [0.15, 0.2) is 0 Å². The molecule has 1 atom stereocenters. The molecule has 4 rings (SSSR count). The molecule has 27 heavy (non-hydrogen) atoms. The van der Waals surface area contributed by atoms with Crippen LogP contribution in [-0.2, 0) is 11.3 Å². The number of hydrogen-bond donors (Lipinski definition) is 0. The molecule has 138 valence electrons. The van der Waals surface area contributed by atoms with Gasteiger partial charge in [0.1, 0.15) is 4.33 Å². The second-order valence-corrected chi connectivity index (χ2v) is 8.25. The highest BCUT2D eigenvalue weighted by Crippen LogP contribution is 2.53. The van der Waals surface area contributed by atoms with Crippen LogP contribution in [0.3, 0.4) is 0 Å². The third-order valence-electron chi connectivity index (χ3n) is 4.76. The van der Waals surface area contributed by atoms with E-state index in [1.165, 1.54) is 23.1 Å². The normalized spacial score (nSPS) is 19.8. The third-order valence-corrected chi connectivity index (χ3v) is 5.69. The molecule has 0 spiro atoms. The topological polar surface area (TPSA) is 63.7 Å². The van der Waals surface area contributed by atoms with E-state index in [0.29, 0.717) is 6.42 Å². The number of imide groups is 1. The number of hydrogen-bond acceptors (Lipinski definition) is 4. The van der Waals surface area contributed by atoms with E-state index in [1.807, 2.05) is 30.3 Å². The van der Waals surface area contributed by atoms with E-state index in [2.05, 4.69) is 0 Å². The highest BCUT2D eigenvalue weighted by molar-refractivity contribution is 6.50. The average molecular weight is 404 g/mol. The molecule has 2 aromatic carbocycles. The fourth-order valence-corrected chi connectivity index (χ4v) is 3.54. The van der Waals surface area contributed by atoms with Crippen LogP contribution in [0.1, 0.15) is 43.1 Å². The maximum Gasteiger partial charge on any atom is 0.338 e. The molecule has 2 aliphatic rings. The van der Waals surface area contributed by atoms with Gasteiger partial charge in [0.25, 0.3) is 11.8 Å². The Kier molecular flexibility index (Phi) is 4.44. The van der Waals surface area contributed by atoms with Crippen molar-refractivity contribution < 1.29 is 19.1 Å². The van der Waals surface area contributed by atoms with Crippen LogP contribution in [0.2, 0.25) is 0 Å². The fourth-order valence-electron chi connectivity index (χ4n) is 3.04. The van der Waals surface area contributed by atoms with Crippen LogP contribution in [0.5, 0.6) is 0 Å². The number of rotatable bonds is 5. The summed E-state index contributed by atoms with van der Waals surface area (Å²) < 4.78 is 4.39. The Morgan fingerprint density at radius 2 is 1.74 bits per heavy atom. The number of benzene rings is 2. The van der Waals surface area contributed by atoms with Gasteiger partial charge in [0.05, 0.1) is 29.8 Å². The van der Waals surface area contributed by atoms with Crippen molar-refractivity contribution in [2.24, 2.45) is 5.92 Å². The Morgan fingerprint density at radius 3 is 2.41 bits per heavy atom. The molecule has 0 unspecified atom stereocenters. The first-order valence-corrected chi connectivity index (χ1v) is 9.21. The molecule has 1 fully saturated rings. The zero-order valence-corrected chi connectivity index (χ0v) is 15.7. The number of fused-ring (bicyclic) bond motifs is 1. The summed E-state index contributed by atoms with van der Waals surface area (Å²) in [7, 11) is 0. The Labute approximate surface area is 165 Å². The third kappa shape index (κ3) is 3.45. The second-order valence-electron chi connectivity index (χ2n) is 6.70. The molecule has 1 aliphatic heterocycles. The number of nitrogens with zero attached hydrogens (tertiary/aromatic N) is 1. The molecule has 0 N–H and O–H groups in total. The summed E-state index contributed by atoms with van der Waals surface area (Å²) in [6.07, 6.45) is 0.578. The van der Waals surface area contributed by atoms with Crippen molar-refractivity contribution in [2.75, 3.05) is 6.61 Å². The van der Waals surface area contributed by atoms with Crippen LogP contribution >= 0.6 is 23.2 Å². The van der Waals surface area contributed by atoms with Crippen molar-refractivity contribution in [3.05, 3.63) is 70.8 Å². The molecule has 7 heteroatoms. The van der Waals surface area contributed by atoms with E-state index in [1.54, 1.807) is 0 Å². The van der Waals surface area contributed by atoms with E-state index < -0.39 is 16.2 Å². The summed E-state index contributed by atoms with van der Waals surface area (Å²) in [6, 6.07) is 13.6. The standard InChI is InChI=1S/C20H15Cl2NO4/c21-20(22)9-14(20)11-27-19(26)13-6-7-15-16(8-13)18(25)23(17(15)24)10-12-4-2-1-3-5-12/h1-8,14H,9-11H2/t14-/m0/s1. The van der Waals surface area contributed by atoms with Crippen LogP contribution in [0.4, 0.5) is 0 Å². The van der Waals surface area contributed by atoms with Crippen molar-refractivity contribution in [2.45, 2.75) is 17.3 Å². The van der Waals surface area contributed by atoms with E-state index in [4.69, 9.17) is 27.9 Å². The predicted octanol–water partition coefficient (Wildman–Crippen LogP) is 3.83. The number of carbonyl (C=O) groups is 3. The van der Waals surface area contributed by atoms with Crippen molar-refractivity contribution >= 4 is 41.0 Å². The van der Waals surface area contributed by atoms with Crippen LogP contribution < -0.4 is 0 Å². The number of ether oxygens (including phenoxy) is 1. The van der Waals surface area contributed by atoms with Gasteiger partial charge in [-0.25, -0.2) is 4.79 Å². The van der Waals surface area contributed by atoms with Crippen molar-refractivity contribution in [3.8, 4) is 0 Å². The van der Waals surface area contributed by atoms with Gasteiger partial charge in [0.2, 0.25) is 0 Å². The summed E-state index contributed by atoms with van der Waals surface area (Å²) in [5.74, 6) is -1.44. The maximum absolute atomic E-state index is 12.7. The Bertz CT molecular complexity index is 942. The molecule has 0 saturated heterocycles. The van der Waals surface area contributed by atoms with Crippen molar-refractivity contribution in [1.29, 1.82) is 0 Å². The van der Waals surface area contributed by atoms with Gasteiger partial charge in [-0.15, -0.1) is 23.2 Å². The molecular weight excluding hydrogens is 389 g/mol. The molecule has 0 aromatic heterocycles. The van der Waals surface area contributed by atoms with Gasteiger partial charge in [0, 0.05) is 5.92 Å². The van der Waals surface area contributed by atoms with Crippen molar-refractivity contribution in [1.82, 2.24) is 4.90 Å². The number of halogens is 2. The zero-order chi connectivity index (χ0) is 19.2. The lowest BCUT2D eigenvalue weighted by Crippen LogP contribution is -2.29. The first kappa shape index (κ1) is 18.0. The summed E-state index contributed by atoms with van der Waals surface area (Å²) in [5.41, 5.74) is 1.56. The first-order valence-electron chi connectivity index (χ1n) is 8.46. The molecule has 1 aliphatic carbocycles. The van der Waals surface area contributed by atoms with Crippen molar-refractivity contribution in [3.63, 3.8) is 0 Å². The smallest absolute Gasteiger partial charge is 0.338 e. The summed E-state index contributed by atoms with van der Waals surface area (Å²) in [4.78, 5) is 38.6. The van der Waals surface area contributed by atoms with Crippen LogP contribution in [-0.4, -0.2) is 33.6 Å². The zero-order valence-electron chi connectivity index (χ0n) is 14.2. The van der Waals surface area contributed by atoms with Gasteiger partial charge in [-0.2, -0.15) is 0 Å². The van der Waals surface area contributed by atoms with E-state index in [-0.39, 0.29) is 41.7 Å². The predicted molar refractivity (Wildman–Crippen MR) is 99.9 cm³/mol. The Morgan fingerprint density at radius 1 is 1.07 bits per heavy atom. The van der Waals surface area contributed by atoms with Gasteiger partial charge in [-0.05, 0) is 30.2 Å². The average Bonchev–Trinajstić information content (AvgIpc) is 3.22. The molecular formula is C20H15Cl2NO4. The summed E-state index contributed by atoms with van der Waals surface area (Å²) in [6.45, 7) is 0.304. The largest absolute Gasteiger partial charge is 0.462 e. The van der Waals surface area contributed by atoms with Crippen LogP contribution in [0.25, 0.3) is 0 Å². The SMILES string of the molecule is O=C(OC[C@@H]1CC1(Cl)Cl)c1ccc2c(c1)C(=O)N(Cc1ccccc1)C2=O. The molecule has 1 saturated carbocycles. The fraction of sp³-hybridized carbons (Fsp3) is 0.250. The molecule has 1 heterocycles. The quantitative estimate of drug-likeness (QED) is 0.432. The molecule has 0 radical (unpaired) electrons. The number of esters is 1. The monoisotopic (exact) mass is 403 g/mol. The van der Waals surface area contributed by atoms with E-state index in [9.17, 15) is 14.4 Å². The molecule has 0 bridgehead atoms. The maximum atomic E-state index is 12.7. The van der Waals surface area contributed by atoms with Gasteiger partial charge in [-0.3, -0.25) is 14.5 Å². The van der Waals surface area contributed by atoms with Gasteiger partial charge >= 0.3 is 5.97 Å². The van der Waals surface area contributed by atoms with E-state index >= 15 is 0 Å². The highest BCUT2D eigenvalue weighted by atomic mass is 35.5. The molecule has 5 nitrogen and oxygen atoms in total. The second kappa shape index (κ2) is 6.66. The molecule has 2 amide bonds. The van der Waals surface area contributed by atoms with Crippen LogP contribution in [0.15, 0.2) is 48.5 Å². The van der Waals surface area contributed by atoms with Gasteiger partial charge in [-0.1, -0.05) is 30.3 Å². The minimum Gasteiger partial charge on any atom is -0.462 e. The number of carbonyl (C=O) groups excluding carboxylic acids is 3. The Hall–Kier alpha value is -2.37. The lowest BCUT2D eigenvalue weighted by Gasteiger charge is -2.13. The summed E-state index contributed by atoms with van der Waals surface area (Å²) >= 11 is 11.8. The van der Waals surface area contributed by atoms with Gasteiger partial charge < -0.3 is 4.74 Å². The number of amides is 2.